The van der Waals surface area contributed by atoms with Crippen LogP contribution < -0.4 is 15.4 Å². The Balaban J connectivity index is 0.00000225. The first kappa shape index (κ1) is 21.6. The van der Waals surface area contributed by atoms with Crippen molar-refractivity contribution in [2.75, 3.05) is 6.54 Å². The van der Waals surface area contributed by atoms with Crippen LogP contribution >= 0.6 is 24.0 Å². The summed E-state index contributed by atoms with van der Waals surface area (Å²) in [5.74, 6) is 1.60. The lowest BCUT2D eigenvalue weighted by Crippen LogP contribution is -2.47. The van der Waals surface area contributed by atoms with Gasteiger partial charge in [0.25, 0.3) is 0 Å². The summed E-state index contributed by atoms with van der Waals surface area (Å²) in [5, 5.41) is 6.90. The second-order valence-electron chi connectivity index (χ2n) is 7.94. The molecule has 3 aliphatic rings. The molecule has 3 fully saturated rings. The van der Waals surface area contributed by atoms with Crippen LogP contribution in [-0.4, -0.2) is 41.8 Å². The number of hydrogen-bond donors (Lipinski definition) is 2. The van der Waals surface area contributed by atoms with Crippen molar-refractivity contribution in [2.45, 2.75) is 89.2 Å². The number of guanidine groups is 1. The van der Waals surface area contributed by atoms with E-state index in [-0.39, 0.29) is 24.0 Å². The zero-order chi connectivity index (χ0) is 18.5. The van der Waals surface area contributed by atoms with Gasteiger partial charge in [0.2, 0.25) is 5.88 Å². The summed E-state index contributed by atoms with van der Waals surface area (Å²) in [6.07, 6.45) is 12.6. The van der Waals surface area contributed by atoms with E-state index in [4.69, 9.17) is 14.5 Å². The maximum Gasteiger partial charge on any atom is 0.213 e. The Morgan fingerprint density at radius 3 is 2.71 bits per heavy atom. The van der Waals surface area contributed by atoms with E-state index in [2.05, 4.69) is 28.6 Å². The minimum atomic E-state index is 0. The standard InChI is InChI=1S/C21H32N4O2.HI/c1-2-22-21(25-18-12-17-9-10-19(18)26-17)24-14-15-8-11-20(23-13-15)27-16-6-4-3-5-7-16;/h8,11,13,16-19H,2-7,9-10,12,14H2,1H3,(H2,22,24,25);1H. The van der Waals surface area contributed by atoms with Crippen LogP contribution in [0.4, 0.5) is 0 Å². The van der Waals surface area contributed by atoms with Crippen LogP contribution in [0.2, 0.25) is 0 Å². The topological polar surface area (TPSA) is 67.8 Å². The minimum absolute atomic E-state index is 0. The largest absolute Gasteiger partial charge is 0.474 e. The first-order valence-electron chi connectivity index (χ1n) is 10.6. The van der Waals surface area contributed by atoms with Crippen molar-refractivity contribution in [2.24, 2.45) is 4.99 Å². The number of fused-ring (bicyclic) bond motifs is 2. The molecule has 0 amide bonds. The molecule has 0 spiro atoms. The summed E-state index contributed by atoms with van der Waals surface area (Å²) in [6, 6.07) is 4.42. The van der Waals surface area contributed by atoms with Gasteiger partial charge < -0.3 is 20.1 Å². The number of rotatable bonds is 6. The van der Waals surface area contributed by atoms with E-state index in [1.54, 1.807) is 0 Å². The molecule has 0 aromatic carbocycles. The Morgan fingerprint density at radius 1 is 1.21 bits per heavy atom. The van der Waals surface area contributed by atoms with Crippen molar-refractivity contribution in [1.29, 1.82) is 0 Å². The monoisotopic (exact) mass is 500 g/mol. The average Bonchev–Trinajstić information content (AvgIpc) is 3.31. The normalized spacial score (nSPS) is 27.3. The molecule has 28 heavy (non-hydrogen) atoms. The van der Waals surface area contributed by atoms with Crippen molar-refractivity contribution in [1.82, 2.24) is 15.6 Å². The summed E-state index contributed by atoms with van der Waals surface area (Å²) in [7, 11) is 0. The third-order valence-electron chi connectivity index (χ3n) is 5.83. The molecule has 2 saturated heterocycles. The smallest absolute Gasteiger partial charge is 0.213 e. The zero-order valence-electron chi connectivity index (χ0n) is 16.7. The van der Waals surface area contributed by atoms with E-state index in [1.165, 1.54) is 25.7 Å². The number of nitrogens with one attached hydrogen (secondary N) is 2. The van der Waals surface area contributed by atoms with Gasteiger partial charge >= 0.3 is 0 Å². The molecule has 0 radical (unpaired) electrons. The van der Waals surface area contributed by atoms with Crippen LogP contribution in [0.3, 0.4) is 0 Å². The maximum atomic E-state index is 6.01. The molecule has 2 N–H and O–H groups in total. The molecular weight excluding hydrogens is 467 g/mol. The fraction of sp³-hybridized carbons (Fsp3) is 0.714. The number of halogens is 1. The van der Waals surface area contributed by atoms with Crippen molar-refractivity contribution >= 4 is 29.9 Å². The molecule has 1 aromatic heterocycles. The molecule has 2 aliphatic heterocycles. The van der Waals surface area contributed by atoms with E-state index >= 15 is 0 Å². The molecule has 6 nitrogen and oxygen atoms in total. The minimum Gasteiger partial charge on any atom is -0.474 e. The first-order chi connectivity index (χ1) is 13.3. The van der Waals surface area contributed by atoms with Crippen molar-refractivity contribution < 1.29 is 9.47 Å². The van der Waals surface area contributed by atoms with Gasteiger partial charge in [-0.15, -0.1) is 24.0 Å². The van der Waals surface area contributed by atoms with Crippen LogP contribution in [0.15, 0.2) is 23.3 Å². The van der Waals surface area contributed by atoms with Crippen LogP contribution in [-0.2, 0) is 11.3 Å². The Morgan fingerprint density at radius 2 is 2.07 bits per heavy atom. The highest BCUT2D eigenvalue weighted by Crippen LogP contribution is 2.34. The van der Waals surface area contributed by atoms with Gasteiger partial charge in [0.05, 0.1) is 24.8 Å². The number of hydrogen-bond acceptors (Lipinski definition) is 4. The molecule has 1 aliphatic carbocycles. The third-order valence-corrected chi connectivity index (χ3v) is 5.83. The van der Waals surface area contributed by atoms with Crippen LogP contribution in [0.5, 0.6) is 5.88 Å². The molecule has 3 atom stereocenters. The van der Waals surface area contributed by atoms with Crippen LogP contribution in [0.25, 0.3) is 0 Å². The molecule has 156 valence electrons. The van der Waals surface area contributed by atoms with Gasteiger partial charge in [-0.05, 0) is 57.4 Å². The van der Waals surface area contributed by atoms with Crippen molar-refractivity contribution in [3.05, 3.63) is 23.9 Å². The van der Waals surface area contributed by atoms with Gasteiger partial charge in [0, 0.05) is 18.8 Å². The lowest BCUT2D eigenvalue weighted by atomic mass is 9.96. The van der Waals surface area contributed by atoms with Crippen molar-refractivity contribution in [3.8, 4) is 5.88 Å². The lowest BCUT2D eigenvalue weighted by Gasteiger charge is -2.23. The molecule has 1 aromatic rings. The van der Waals surface area contributed by atoms with Gasteiger partial charge in [0.15, 0.2) is 5.96 Å². The highest BCUT2D eigenvalue weighted by Gasteiger charge is 2.41. The summed E-state index contributed by atoms with van der Waals surface area (Å²) in [5.41, 5.74) is 1.09. The molecular formula is C21H33IN4O2. The quantitative estimate of drug-likeness (QED) is 0.354. The second-order valence-corrected chi connectivity index (χ2v) is 7.94. The highest BCUT2D eigenvalue weighted by molar-refractivity contribution is 14.0. The molecule has 3 heterocycles. The molecule has 3 unspecified atom stereocenters. The number of nitrogens with zero attached hydrogens (tertiary/aromatic N) is 2. The fourth-order valence-electron chi connectivity index (χ4n) is 4.38. The Bertz CT molecular complexity index is 634. The Hall–Kier alpha value is -1.09. The van der Waals surface area contributed by atoms with Gasteiger partial charge in [-0.3, -0.25) is 0 Å². The SMILES string of the molecule is CCNC(=NCc1ccc(OC2CCCCC2)nc1)NC1CC2CCC1O2.I. The summed E-state index contributed by atoms with van der Waals surface area (Å²) >= 11 is 0. The van der Waals surface area contributed by atoms with E-state index in [0.29, 0.717) is 30.9 Å². The highest BCUT2D eigenvalue weighted by atomic mass is 127. The van der Waals surface area contributed by atoms with Crippen molar-refractivity contribution in [3.63, 3.8) is 0 Å². The van der Waals surface area contributed by atoms with Gasteiger partial charge in [-0.25, -0.2) is 9.98 Å². The van der Waals surface area contributed by atoms with Crippen LogP contribution in [0, 0.1) is 0 Å². The first-order valence-corrected chi connectivity index (χ1v) is 10.6. The average molecular weight is 500 g/mol. The van der Waals surface area contributed by atoms with E-state index in [0.717, 1.165) is 49.6 Å². The predicted octanol–water partition coefficient (Wildman–Crippen LogP) is 3.79. The number of ether oxygens (including phenoxy) is 2. The number of pyridine rings is 1. The van der Waals surface area contributed by atoms with Gasteiger partial charge in [-0.1, -0.05) is 12.5 Å². The van der Waals surface area contributed by atoms with E-state index < -0.39 is 0 Å². The third kappa shape index (κ3) is 5.72. The Labute approximate surface area is 185 Å². The fourth-order valence-corrected chi connectivity index (χ4v) is 4.38. The van der Waals surface area contributed by atoms with E-state index in [9.17, 15) is 0 Å². The van der Waals surface area contributed by atoms with E-state index in [1.807, 2.05) is 12.3 Å². The molecule has 2 bridgehead atoms. The maximum absolute atomic E-state index is 6.01. The molecule has 7 heteroatoms. The Kier molecular flexibility index (Phi) is 8.20. The lowest BCUT2D eigenvalue weighted by molar-refractivity contribution is 0.0992. The van der Waals surface area contributed by atoms with Gasteiger partial charge in [-0.2, -0.15) is 0 Å². The summed E-state index contributed by atoms with van der Waals surface area (Å²) < 4.78 is 11.9. The molecule has 4 rings (SSSR count). The number of aromatic nitrogens is 1. The number of aliphatic imine (C=N–C) groups is 1. The summed E-state index contributed by atoms with van der Waals surface area (Å²) in [4.78, 5) is 9.21. The summed E-state index contributed by atoms with van der Waals surface area (Å²) in [6.45, 7) is 3.54. The predicted molar refractivity (Wildman–Crippen MR) is 121 cm³/mol. The van der Waals surface area contributed by atoms with Crippen LogP contribution in [0.1, 0.15) is 63.9 Å². The van der Waals surface area contributed by atoms with Gasteiger partial charge in [0.1, 0.15) is 6.10 Å². The zero-order valence-corrected chi connectivity index (χ0v) is 19.1. The second kappa shape index (κ2) is 10.6. The molecule has 1 saturated carbocycles.